The summed E-state index contributed by atoms with van der Waals surface area (Å²) >= 11 is 1.82. The number of nitrogens with zero attached hydrogens (tertiary/aromatic N) is 1. The lowest BCUT2D eigenvalue weighted by atomic mass is 9.78. The summed E-state index contributed by atoms with van der Waals surface area (Å²) < 4.78 is 5.55. The molecule has 3 aliphatic rings. The third-order valence-corrected chi connectivity index (χ3v) is 7.92. The van der Waals surface area contributed by atoms with Gasteiger partial charge >= 0.3 is 0 Å². The Kier molecular flexibility index (Phi) is 5.81. The van der Waals surface area contributed by atoms with Gasteiger partial charge in [0, 0.05) is 23.5 Å². The highest BCUT2D eigenvalue weighted by Gasteiger charge is 2.54. The highest BCUT2D eigenvalue weighted by atomic mass is 32.2. The van der Waals surface area contributed by atoms with Crippen LogP contribution in [-0.4, -0.2) is 39.3 Å². The van der Waals surface area contributed by atoms with Gasteiger partial charge < -0.3 is 14.6 Å². The van der Waals surface area contributed by atoms with Crippen molar-refractivity contribution in [2.24, 2.45) is 0 Å². The van der Waals surface area contributed by atoms with Gasteiger partial charge in [0.2, 0.25) is 11.8 Å². The van der Waals surface area contributed by atoms with Crippen LogP contribution in [-0.2, 0) is 16.1 Å². The number of furan rings is 1. The summed E-state index contributed by atoms with van der Waals surface area (Å²) in [6.45, 7) is 0.390. The molecule has 2 heterocycles. The molecule has 148 valence electrons. The normalized spacial score (nSPS) is 29.9. The predicted octanol–water partition coefficient (Wildman–Crippen LogP) is 3.88. The molecule has 6 heteroatoms. The van der Waals surface area contributed by atoms with E-state index in [2.05, 4.69) is 5.32 Å². The number of rotatable bonds is 4. The molecule has 0 radical (unpaired) electrons. The second kappa shape index (κ2) is 8.29. The average Bonchev–Trinajstić information content (AvgIpc) is 3.15. The smallest absolute Gasteiger partial charge is 0.247 e. The summed E-state index contributed by atoms with van der Waals surface area (Å²) in [6, 6.07) is 4.01. The Balaban J connectivity index is 1.65. The number of nitrogens with one attached hydrogen (secondary N) is 1. The SMILES string of the molecule is O=C1CCS[C@@H]2CCCC[C@@]2(C(=O)NC2CCCCC2)N1Cc1ccco1. The Morgan fingerprint density at radius 3 is 2.81 bits per heavy atom. The van der Waals surface area contributed by atoms with Crippen LogP contribution in [0.1, 0.15) is 70.0 Å². The minimum Gasteiger partial charge on any atom is -0.467 e. The van der Waals surface area contributed by atoms with E-state index in [1.807, 2.05) is 28.8 Å². The molecule has 0 unspecified atom stereocenters. The number of fused-ring (bicyclic) bond motifs is 1. The van der Waals surface area contributed by atoms with E-state index in [9.17, 15) is 9.59 Å². The monoisotopic (exact) mass is 390 g/mol. The van der Waals surface area contributed by atoms with E-state index in [1.165, 1.54) is 19.3 Å². The molecule has 0 spiro atoms. The number of hydrogen-bond acceptors (Lipinski definition) is 4. The van der Waals surface area contributed by atoms with Gasteiger partial charge in [0.1, 0.15) is 11.3 Å². The van der Waals surface area contributed by atoms with Gasteiger partial charge in [0.25, 0.3) is 0 Å². The molecule has 0 aromatic carbocycles. The van der Waals surface area contributed by atoms with E-state index in [0.717, 1.165) is 50.0 Å². The van der Waals surface area contributed by atoms with Crippen molar-refractivity contribution >= 4 is 23.6 Å². The zero-order valence-corrected chi connectivity index (χ0v) is 16.8. The van der Waals surface area contributed by atoms with E-state index in [-0.39, 0.29) is 23.1 Å². The molecule has 1 aromatic heterocycles. The van der Waals surface area contributed by atoms with Gasteiger partial charge in [-0.25, -0.2) is 0 Å². The van der Waals surface area contributed by atoms with Crippen LogP contribution in [0.4, 0.5) is 0 Å². The second-order valence-electron chi connectivity index (χ2n) is 8.15. The molecule has 1 aromatic rings. The van der Waals surface area contributed by atoms with Crippen LogP contribution in [0.2, 0.25) is 0 Å². The lowest BCUT2D eigenvalue weighted by Crippen LogP contribution is -2.66. The van der Waals surface area contributed by atoms with Crippen LogP contribution in [0.5, 0.6) is 0 Å². The van der Waals surface area contributed by atoms with Crippen LogP contribution < -0.4 is 5.32 Å². The van der Waals surface area contributed by atoms with Crippen LogP contribution in [0.15, 0.2) is 22.8 Å². The Hall–Kier alpha value is -1.43. The maximum atomic E-state index is 13.7. The predicted molar refractivity (Wildman–Crippen MR) is 106 cm³/mol. The lowest BCUT2D eigenvalue weighted by Gasteiger charge is -2.48. The van der Waals surface area contributed by atoms with E-state index in [0.29, 0.717) is 13.0 Å². The van der Waals surface area contributed by atoms with Crippen molar-refractivity contribution < 1.29 is 14.0 Å². The zero-order valence-electron chi connectivity index (χ0n) is 16.0. The number of carbonyl (C=O) groups excluding carboxylic acids is 2. The zero-order chi connectivity index (χ0) is 18.7. The summed E-state index contributed by atoms with van der Waals surface area (Å²) in [5.74, 6) is 1.72. The maximum Gasteiger partial charge on any atom is 0.247 e. The molecule has 2 saturated carbocycles. The van der Waals surface area contributed by atoms with E-state index >= 15 is 0 Å². The van der Waals surface area contributed by atoms with Gasteiger partial charge in [-0.1, -0.05) is 32.1 Å². The largest absolute Gasteiger partial charge is 0.467 e. The number of hydrogen-bond donors (Lipinski definition) is 1. The Bertz CT molecular complexity index is 656. The van der Waals surface area contributed by atoms with Crippen LogP contribution in [0.3, 0.4) is 0 Å². The molecule has 2 atom stereocenters. The van der Waals surface area contributed by atoms with Crippen molar-refractivity contribution in [1.82, 2.24) is 10.2 Å². The number of thioether (sulfide) groups is 1. The molecule has 2 aliphatic carbocycles. The first-order valence-electron chi connectivity index (χ1n) is 10.5. The molecule has 1 N–H and O–H groups in total. The average molecular weight is 391 g/mol. The maximum absolute atomic E-state index is 13.7. The molecule has 0 bridgehead atoms. The molecule has 5 nitrogen and oxygen atoms in total. The van der Waals surface area contributed by atoms with Crippen LogP contribution in [0, 0.1) is 0 Å². The van der Waals surface area contributed by atoms with E-state index in [4.69, 9.17) is 4.42 Å². The summed E-state index contributed by atoms with van der Waals surface area (Å²) in [5, 5.41) is 3.54. The lowest BCUT2D eigenvalue weighted by molar-refractivity contribution is -0.151. The van der Waals surface area contributed by atoms with Gasteiger partial charge in [0.15, 0.2) is 0 Å². The fourth-order valence-electron chi connectivity index (χ4n) is 5.03. The fourth-order valence-corrected chi connectivity index (χ4v) is 6.57. The second-order valence-corrected chi connectivity index (χ2v) is 9.46. The summed E-state index contributed by atoms with van der Waals surface area (Å²) in [6.07, 6.45) is 11.8. The van der Waals surface area contributed by atoms with Crippen molar-refractivity contribution in [2.45, 2.75) is 87.6 Å². The van der Waals surface area contributed by atoms with Gasteiger partial charge in [-0.3, -0.25) is 9.59 Å². The Morgan fingerprint density at radius 1 is 1.22 bits per heavy atom. The molecule has 1 aliphatic heterocycles. The van der Waals surface area contributed by atoms with Gasteiger partial charge in [-0.05, 0) is 37.8 Å². The Labute approximate surface area is 165 Å². The molecule has 2 amide bonds. The molecule has 1 saturated heterocycles. The van der Waals surface area contributed by atoms with Crippen molar-refractivity contribution in [3.63, 3.8) is 0 Å². The summed E-state index contributed by atoms with van der Waals surface area (Å²) in [7, 11) is 0. The molecule has 3 fully saturated rings. The first-order chi connectivity index (χ1) is 13.2. The quantitative estimate of drug-likeness (QED) is 0.848. The molecular weight excluding hydrogens is 360 g/mol. The molecule has 27 heavy (non-hydrogen) atoms. The van der Waals surface area contributed by atoms with Crippen LogP contribution >= 0.6 is 11.8 Å². The highest BCUT2D eigenvalue weighted by molar-refractivity contribution is 8.00. The summed E-state index contributed by atoms with van der Waals surface area (Å²) in [4.78, 5) is 28.7. The molecule has 4 rings (SSSR count). The Morgan fingerprint density at radius 2 is 2.04 bits per heavy atom. The van der Waals surface area contributed by atoms with Gasteiger partial charge in [0.05, 0.1) is 12.8 Å². The first kappa shape index (κ1) is 18.9. The third-order valence-electron chi connectivity index (χ3n) is 6.45. The van der Waals surface area contributed by atoms with E-state index < -0.39 is 5.54 Å². The minimum absolute atomic E-state index is 0.0772. The standard InChI is InChI=1S/C21H30N2O3S/c24-19-11-14-27-18-10-4-5-12-21(18,23(19)15-17-9-6-13-26-17)20(25)22-16-7-2-1-3-8-16/h6,9,13,16,18H,1-5,7-8,10-12,14-15H2,(H,22,25)/t18-,21-/m1/s1. The van der Waals surface area contributed by atoms with Crippen molar-refractivity contribution in [2.75, 3.05) is 5.75 Å². The number of amides is 2. The molecular formula is C21H30N2O3S. The summed E-state index contributed by atoms with van der Waals surface area (Å²) in [5.41, 5.74) is -0.735. The highest BCUT2D eigenvalue weighted by Crippen LogP contribution is 2.44. The fraction of sp³-hybridized carbons (Fsp3) is 0.714. The first-order valence-corrected chi connectivity index (χ1v) is 11.5. The van der Waals surface area contributed by atoms with Crippen molar-refractivity contribution in [3.8, 4) is 0 Å². The minimum atomic E-state index is -0.735. The topological polar surface area (TPSA) is 62.6 Å². The van der Waals surface area contributed by atoms with Gasteiger partial charge in [-0.15, -0.1) is 0 Å². The third kappa shape index (κ3) is 3.78. The van der Waals surface area contributed by atoms with E-state index in [1.54, 1.807) is 6.26 Å². The number of carbonyl (C=O) groups is 2. The van der Waals surface area contributed by atoms with Crippen molar-refractivity contribution in [1.29, 1.82) is 0 Å². The van der Waals surface area contributed by atoms with Crippen molar-refractivity contribution in [3.05, 3.63) is 24.2 Å². The van der Waals surface area contributed by atoms with Crippen LogP contribution in [0.25, 0.3) is 0 Å². The van der Waals surface area contributed by atoms with Gasteiger partial charge in [-0.2, -0.15) is 11.8 Å².